The molecule has 0 fully saturated rings. The minimum atomic E-state index is -0.627. The number of carbonyl (C=O) groups is 2. The van der Waals surface area contributed by atoms with Crippen LogP contribution in [0, 0.1) is 12.8 Å². The van der Waals surface area contributed by atoms with Crippen molar-refractivity contribution in [1.82, 2.24) is 10.2 Å². The molecule has 156 valence electrons. The molecule has 0 saturated heterocycles. The van der Waals surface area contributed by atoms with Crippen molar-refractivity contribution in [3.05, 3.63) is 64.7 Å². The van der Waals surface area contributed by atoms with Crippen molar-refractivity contribution >= 4 is 23.4 Å². The zero-order valence-corrected chi connectivity index (χ0v) is 18.2. The summed E-state index contributed by atoms with van der Waals surface area (Å²) in [5.74, 6) is 0.549. The first kappa shape index (κ1) is 22.8. The molecule has 1 N–H and O–H groups in total. The fraction of sp³-hybridized carbons (Fsp3) is 0.391. The Morgan fingerprint density at radius 3 is 2.34 bits per heavy atom. The van der Waals surface area contributed by atoms with Crippen molar-refractivity contribution < 1.29 is 14.3 Å². The molecular weight excluding hydrogens is 388 g/mol. The van der Waals surface area contributed by atoms with E-state index < -0.39 is 6.04 Å². The van der Waals surface area contributed by atoms with E-state index in [0.29, 0.717) is 29.8 Å². The normalized spacial score (nSPS) is 11.8. The van der Waals surface area contributed by atoms with Crippen LogP contribution in [0.5, 0.6) is 5.75 Å². The quantitative estimate of drug-likeness (QED) is 0.665. The van der Waals surface area contributed by atoms with Gasteiger partial charge in [-0.1, -0.05) is 55.8 Å². The van der Waals surface area contributed by atoms with Gasteiger partial charge in [-0.25, -0.2) is 0 Å². The van der Waals surface area contributed by atoms with Crippen molar-refractivity contribution in [2.24, 2.45) is 5.92 Å². The second-order valence-electron chi connectivity index (χ2n) is 7.52. The van der Waals surface area contributed by atoms with Gasteiger partial charge in [0.25, 0.3) is 5.91 Å². The molecule has 0 heterocycles. The molecule has 0 bridgehead atoms. The number of nitrogens with one attached hydrogen (secondary N) is 1. The molecule has 2 aromatic rings. The molecule has 0 aliphatic rings. The van der Waals surface area contributed by atoms with E-state index in [4.69, 9.17) is 16.3 Å². The van der Waals surface area contributed by atoms with Gasteiger partial charge in [-0.15, -0.1) is 0 Å². The zero-order chi connectivity index (χ0) is 21.4. The fourth-order valence-electron chi connectivity index (χ4n) is 2.76. The van der Waals surface area contributed by atoms with E-state index in [0.717, 1.165) is 11.1 Å². The Morgan fingerprint density at radius 2 is 1.72 bits per heavy atom. The Kier molecular flexibility index (Phi) is 8.52. The SMILES string of the molecule is Cc1ccccc1OCC(=O)N(Cc1ccc(Cl)cc1)[C@@H](C)C(=O)NCC(C)C. The minimum absolute atomic E-state index is 0.139. The topological polar surface area (TPSA) is 58.6 Å². The number of nitrogens with zero attached hydrogens (tertiary/aromatic N) is 1. The molecule has 0 unspecified atom stereocenters. The first-order valence-electron chi connectivity index (χ1n) is 9.78. The number of benzene rings is 2. The Bertz CT molecular complexity index is 821. The first-order chi connectivity index (χ1) is 13.8. The molecular formula is C23H29ClN2O3. The van der Waals surface area contributed by atoms with Gasteiger partial charge in [0, 0.05) is 18.1 Å². The van der Waals surface area contributed by atoms with E-state index >= 15 is 0 Å². The highest BCUT2D eigenvalue weighted by atomic mass is 35.5. The molecule has 2 amide bonds. The van der Waals surface area contributed by atoms with E-state index in [2.05, 4.69) is 5.32 Å². The van der Waals surface area contributed by atoms with Crippen molar-refractivity contribution in [3.8, 4) is 5.75 Å². The Labute approximate surface area is 178 Å². The first-order valence-corrected chi connectivity index (χ1v) is 10.2. The maximum atomic E-state index is 13.0. The lowest BCUT2D eigenvalue weighted by Crippen LogP contribution is -2.49. The van der Waals surface area contributed by atoms with Gasteiger partial charge in [0.05, 0.1) is 0 Å². The average molecular weight is 417 g/mol. The summed E-state index contributed by atoms with van der Waals surface area (Å²) in [5.41, 5.74) is 1.84. The van der Waals surface area contributed by atoms with Gasteiger partial charge >= 0.3 is 0 Å². The van der Waals surface area contributed by atoms with Gasteiger partial charge < -0.3 is 15.0 Å². The summed E-state index contributed by atoms with van der Waals surface area (Å²) in [4.78, 5) is 27.1. The highest BCUT2D eigenvalue weighted by Gasteiger charge is 2.26. The molecule has 0 spiro atoms. The van der Waals surface area contributed by atoms with Crippen LogP contribution in [0.2, 0.25) is 5.02 Å². The largest absolute Gasteiger partial charge is 0.484 e. The third kappa shape index (κ3) is 7.09. The van der Waals surface area contributed by atoms with E-state index in [1.165, 1.54) is 4.90 Å². The Hall–Kier alpha value is -2.53. The van der Waals surface area contributed by atoms with Gasteiger partial charge in [-0.2, -0.15) is 0 Å². The van der Waals surface area contributed by atoms with Crippen LogP contribution in [0.1, 0.15) is 31.9 Å². The lowest BCUT2D eigenvalue weighted by molar-refractivity contribution is -0.142. The van der Waals surface area contributed by atoms with E-state index in [9.17, 15) is 9.59 Å². The predicted octanol–water partition coefficient (Wildman–Crippen LogP) is 4.22. The molecule has 0 saturated carbocycles. The van der Waals surface area contributed by atoms with Crippen LogP contribution < -0.4 is 10.1 Å². The van der Waals surface area contributed by atoms with Crippen LogP contribution in [0.3, 0.4) is 0 Å². The highest BCUT2D eigenvalue weighted by Crippen LogP contribution is 2.17. The van der Waals surface area contributed by atoms with Crippen molar-refractivity contribution in [2.75, 3.05) is 13.2 Å². The maximum Gasteiger partial charge on any atom is 0.261 e. The molecule has 0 aromatic heterocycles. The second kappa shape index (κ2) is 10.9. The minimum Gasteiger partial charge on any atom is -0.484 e. The third-order valence-electron chi connectivity index (χ3n) is 4.56. The number of rotatable bonds is 9. The lowest BCUT2D eigenvalue weighted by Gasteiger charge is -2.29. The molecule has 2 rings (SSSR count). The Balaban J connectivity index is 2.13. The number of hydrogen-bond donors (Lipinski definition) is 1. The number of carbonyl (C=O) groups excluding carboxylic acids is 2. The monoisotopic (exact) mass is 416 g/mol. The number of aryl methyl sites for hydroxylation is 1. The lowest BCUT2D eigenvalue weighted by atomic mass is 10.1. The average Bonchev–Trinajstić information content (AvgIpc) is 2.70. The van der Waals surface area contributed by atoms with Gasteiger partial charge in [0.2, 0.25) is 5.91 Å². The van der Waals surface area contributed by atoms with E-state index in [1.807, 2.05) is 57.2 Å². The fourth-order valence-corrected chi connectivity index (χ4v) is 2.89. The van der Waals surface area contributed by atoms with Gasteiger partial charge in [-0.3, -0.25) is 9.59 Å². The molecule has 0 aliphatic carbocycles. The summed E-state index contributed by atoms with van der Waals surface area (Å²) in [5, 5.41) is 3.52. The van der Waals surface area contributed by atoms with E-state index in [1.54, 1.807) is 19.1 Å². The highest BCUT2D eigenvalue weighted by molar-refractivity contribution is 6.30. The number of hydrogen-bond acceptors (Lipinski definition) is 3. The van der Waals surface area contributed by atoms with Gasteiger partial charge in [0.15, 0.2) is 6.61 Å². The summed E-state index contributed by atoms with van der Waals surface area (Å²) < 4.78 is 5.72. The van der Waals surface area contributed by atoms with Gasteiger partial charge in [-0.05, 0) is 49.1 Å². The summed E-state index contributed by atoms with van der Waals surface area (Å²) in [6.07, 6.45) is 0. The van der Waals surface area contributed by atoms with Crippen molar-refractivity contribution in [3.63, 3.8) is 0 Å². The zero-order valence-electron chi connectivity index (χ0n) is 17.4. The number of amides is 2. The number of halogens is 1. The second-order valence-corrected chi connectivity index (χ2v) is 7.95. The molecule has 29 heavy (non-hydrogen) atoms. The summed E-state index contributed by atoms with van der Waals surface area (Å²) >= 11 is 5.96. The molecule has 1 atom stereocenters. The maximum absolute atomic E-state index is 13.0. The standard InChI is InChI=1S/C23H29ClN2O3/c1-16(2)13-25-23(28)18(4)26(14-19-9-11-20(24)12-10-19)22(27)15-29-21-8-6-5-7-17(21)3/h5-12,16,18H,13-15H2,1-4H3,(H,25,28)/t18-/m0/s1. The summed E-state index contributed by atoms with van der Waals surface area (Å²) in [6.45, 7) is 8.43. The predicted molar refractivity (Wildman–Crippen MR) is 116 cm³/mol. The molecule has 2 aromatic carbocycles. The summed E-state index contributed by atoms with van der Waals surface area (Å²) in [6, 6.07) is 14.1. The number of ether oxygens (including phenoxy) is 1. The molecule has 6 heteroatoms. The van der Waals surface area contributed by atoms with Crippen LogP contribution in [0.15, 0.2) is 48.5 Å². The third-order valence-corrected chi connectivity index (χ3v) is 4.81. The van der Waals surface area contributed by atoms with Crippen molar-refractivity contribution in [2.45, 2.75) is 40.3 Å². The van der Waals surface area contributed by atoms with Crippen LogP contribution >= 0.6 is 11.6 Å². The number of para-hydroxylation sites is 1. The Morgan fingerprint density at radius 1 is 1.07 bits per heavy atom. The summed E-state index contributed by atoms with van der Waals surface area (Å²) in [7, 11) is 0. The van der Waals surface area contributed by atoms with E-state index in [-0.39, 0.29) is 18.4 Å². The van der Waals surface area contributed by atoms with Crippen LogP contribution in [0.4, 0.5) is 0 Å². The van der Waals surface area contributed by atoms with Crippen LogP contribution in [-0.2, 0) is 16.1 Å². The molecule has 0 aliphatic heterocycles. The van der Waals surface area contributed by atoms with Gasteiger partial charge in [0.1, 0.15) is 11.8 Å². The smallest absolute Gasteiger partial charge is 0.261 e. The van der Waals surface area contributed by atoms with Crippen LogP contribution in [-0.4, -0.2) is 35.9 Å². The van der Waals surface area contributed by atoms with Crippen molar-refractivity contribution in [1.29, 1.82) is 0 Å². The van der Waals surface area contributed by atoms with Crippen LogP contribution in [0.25, 0.3) is 0 Å². The molecule has 0 radical (unpaired) electrons. The molecule has 5 nitrogen and oxygen atoms in total.